The molecule has 0 aliphatic carbocycles. The highest BCUT2D eigenvalue weighted by Crippen LogP contribution is 2.22. The van der Waals surface area contributed by atoms with Crippen LogP contribution in [0.15, 0.2) is 48.7 Å². The number of hydrogen-bond acceptors (Lipinski definition) is 4. The van der Waals surface area contributed by atoms with Crippen LogP contribution in [-0.2, 0) is 0 Å². The standard InChI is InChI=1S/C17H15N7/c1-10-8-14(23-24(10)15-4-2-3-7-20-15)17-21-12-6-5-11(16(18)19)9-13(12)22-17/h2-9H,1H3,(H3,18,19)(H,21,22). The molecule has 7 heteroatoms. The van der Waals surface area contributed by atoms with Gasteiger partial charge in [-0.3, -0.25) is 5.41 Å². The molecule has 0 fully saturated rings. The van der Waals surface area contributed by atoms with E-state index in [1.54, 1.807) is 23.0 Å². The highest BCUT2D eigenvalue weighted by Gasteiger charge is 2.13. The lowest BCUT2D eigenvalue weighted by Gasteiger charge is -2.01. The average molecular weight is 317 g/mol. The summed E-state index contributed by atoms with van der Waals surface area (Å²) < 4.78 is 1.78. The van der Waals surface area contributed by atoms with Crippen LogP contribution < -0.4 is 5.73 Å². The molecule has 4 aromatic rings. The molecule has 118 valence electrons. The number of aromatic nitrogens is 5. The summed E-state index contributed by atoms with van der Waals surface area (Å²) in [6.07, 6.45) is 1.74. The molecule has 1 aromatic carbocycles. The summed E-state index contributed by atoms with van der Waals surface area (Å²) in [4.78, 5) is 12.1. The molecule has 0 aliphatic rings. The highest BCUT2D eigenvalue weighted by molar-refractivity contribution is 5.98. The molecule has 3 aromatic heterocycles. The minimum atomic E-state index is 0.0247. The number of aromatic amines is 1. The Labute approximate surface area is 137 Å². The molecule has 4 rings (SSSR count). The third kappa shape index (κ3) is 2.32. The molecule has 0 spiro atoms. The lowest BCUT2D eigenvalue weighted by molar-refractivity contribution is 0.818. The number of rotatable bonds is 3. The Balaban J connectivity index is 1.79. The van der Waals surface area contributed by atoms with Crippen LogP contribution >= 0.6 is 0 Å². The quantitative estimate of drug-likeness (QED) is 0.398. The predicted octanol–water partition coefficient (Wildman–Crippen LogP) is 2.40. The fraction of sp³-hybridized carbons (Fsp3) is 0.0588. The summed E-state index contributed by atoms with van der Waals surface area (Å²) >= 11 is 0. The summed E-state index contributed by atoms with van der Waals surface area (Å²) in [5.74, 6) is 1.46. The first-order chi connectivity index (χ1) is 11.6. The van der Waals surface area contributed by atoms with Gasteiger partial charge in [-0.25, -0.2) is 14.6 Å². The molecule has 0 unspecified atom stereocenters. The van der Waals surface area contributed by atoms with E-state index < -0.39 is 0 Å². The fourth-order valence-corrected chi connectivity index (χ4v) is 2.60. The van der Waals surface area contributed by atoms with Gasteiger partial charge in [0.1, 0.15) is 11.5 Å². The normalized spacial score (nSPS) is 11.0. The van der Waals surface area contributed by atoms with Crippen LogP contribution in [0.1, 0.15) is 11.3 Å². The second kappa shape index (κ2) is 5.31. The molecule has 0 radical (unpaired) electrons. The zero-order valence-corrected chi connectivity index (χ0v) is 13.0. The zero-order chi connectivity index (χ0) is 16.7. The molecular formula is C17H15N7. The first kappa shape index (κ1) is 14.1. The van der Waals surface area contributed by atoms with Crippen molar-refractivity contribution in [2.75, 3.05) is 0 Å². The number of H-pyrrole nitrogens is 1. The second-order valence-electron chi connectivity index (χ2n) is 5.50. The summed E-state index contributed by atoms with van der Waals surface area (Å²) in [7, 11) is 0. The largest absolute Gasteiger partial charge is 0.384 e. The van der Waals surface area contributed by atoms with Crippen LogP contribution in [0, 0.1) is 12.3 Å². The molecule has 7 nitrogen and oxygen atoms in total. The molecule has 0 saturated heterocycles. The minimum Gasteiger partial charge on any atom is -0.384 e. The monoisotopic (exact) mass is 317 g/mol. The zero-order valence-electron chi connectivity index (χ0n) is 13.0. The molecular weight excluding hydrogens is 302 g/mol. The van der Waals surface area contributed by atoms with Crippen molar-refractivity contribution in [3.63, 3.8) is 0 Å². The van der Waals surface area contributed by atoms with Crippen molar-refractivity contribution in [3.8, 4) is 17.3 Å². The average Bonchev–Trinajstić information content (AvgIpc) is 3.18. The molecule has 0 bridgehead atoms. The van der Waals surface area contributed by atoms with Gasteiger partial charge >= 0.3 is 0 Å². The number of fused-ring (bicyclic) bond motifs is 1. The number of nitrogens with zero attached hydrogens (tertiary/aromatic N) is 4. The van der Waals surface area contributed by atoms with Gasteiger partial charge in [0.25, 0.3) is 0 Å². The number of nitrogen functional groups attached to an aromatic ring is 1. The Kier molecular flexibility index (Phi) is 3.13. The van der Waals surface area contributed by atoms with Crippen molar-refractivity contribution >= 4 is 16.9 Å². The van der Waals surface area contributed by atoms with Crippen LogP contribution in [0.2, 0.25) is 0 Å². The number of hydrogen-bond donors (Lipinski definition) is 3. The van der Waals surface area contributed by atoms with Gasteiger partial charge in [0.2, 0.25) is 0 Å². The molecule has 0 amide bonds. The second-order valence-corrected chi connectivity index (χ2v) is 5.50. The maximum absolute atomic E-state index is 7.53. The van der Waals surface area contributed by atoms with Crippen molar-refractivity contribution < 1.29 is 0 Å². The number of nitrogens with two attached hydrogens (primary N) is 1. The first-order valence-electron chi connectivity index (χ1n) is 7.44. The number of pyridine rings is 1. The summed E-state index contributed by atoms with van der Waals surface area (Å²) in [6.45, 7) is 1.97. The lowest BCUT2D eigenvalue weighted by Crippen LogP contribution is -2.10. The maximum atomic E-state index is 7.53. The maximum Gasteiger partial charge on any atom is 0.159 e. The van der Waals surface area contributed by atoms with Gasteiger partial charge in [0.15, 0.2) is 11.6 Å². The molecule has 0 atom stereocenters. The number of benzene rings is 1. The van der Waals surface area contributed by atoms with Crippen molar-refractivity contribution in [1.82, 2.24) is 24.7 Å². The van der Waals surface area contributed by atoms with Gasteiger partial charge in [-0.1, -0.05) is 6.07 Å². The minimum absolute atomic E-state index is 0.0247. The van der Waals surface area contributed by atoms with E-state index in [1.807, 2.05) is 37.3 Å². The van der Waals surface area contributed by atoms with Crippen LogP contribution in [0.25, 0.3) is 28.4 Å². The van der Waals surface area contributed by atoms with Crippen molar-refractivity contribution in [1.29, 1.82) is 5.41 Å². The highest BCUT2D eigenvalue weighted by atomic mass is 15.3. The van der Waals surface area contributed by atoms with Gasteiger partial charge in [-0.2, -0.15) is 5.10 Å². The van der Waals surface area contributed by atoms with E-state index in [0.717, 1.165) is 28.2 Å². The summed E-state index contributed by atoms with van der Waals surface area (Å²) in [5.41, 5.74) is 9.51. The van der Waals surface area contributed by atoms with Crippen LogP contribution in [-0.4, -0.2) is 30.6 Å². The molecule has 3 heterocycles. The SMILES string of the molecule is Cc1cc(-c2nc3cc(C(=N)N)ccc3[nH]2)nn1-c1ccccn1. The number of nitrogens with one attached hydrogen (secondary N) is 2. The Bertz CT molecular complexity index is 1040. The molecule has 0 aliphatic heterocycles. The third-order valence-corrected chi connectivity index (χ3v) is 3.79. The smallest absolute Gasteiger partial charge is 0.159 e. The van der Waals surface area contributed by atoms with Crippen molar-refractivity contribution in [3.05, 3.63) is 59.9 Å². The first-order valence-corrected chi connectivity index (χ1v) is 7.44. The number of imidazole rings is 1. The van der Waals surface area contributed by atoms with E-state index in [4.69, 9.17) is 11.1 Å². The Morgan fingerprint density at radius 2 is 2.08 bits per heavy atom. The fourth-order valence-electron chi connectivity index (χ4n) is 2.60. The van der Waals surface area contributed by atoms with Gasteiger partial charge in [-0.05, 0) is 43.3 Å². The van der Waals surface area contributed by atoms with Gasteiger partial charge < -0.3 is 10.7 Å². The topological polar surface area (TPSA) is 109 Å². The van der Waals surface area contributed by atoms with E-state index in [1.165, 1.54) is 0 Å². The van der Waals surface area contributed by atoms with E-state index in [-0.39, 0.29) is 5.84 Å². The number of aryl methyl sites for hydroxylation is 1. The summed E-state index contributed by atoms with van der Waals surface area (Å²) in [6, 6.07) is 13.1. The van der Waals surface area contributed by atoms with Crippen LogP contribution in [0.5, 0.6) is 0 Å². The van der Waals surface area contributed by atoms with E-state index >= 15 is 0 Å². The van der Waals surface area contributed by atoms with E-state index in [0.29, 0.717) is 11.4 Å². The Morgan fingerprint density at radius 3 is 2.83 bits per heavy atom. The molecule has 0 saturated carbocycles. The van der Waals surface area contributed by atoms with Crippen LogP contribution in [0.4, 0.5) is 0 Å². The number of amidine groups is 1. The Morgan fingerprint density at radius 1 is 1.21 bits per heavy atom. The van der Waals surface area contributed by atoms with Crippen molar-refractivity contribution in [2.45, 2.75) is 6.92 Å². The van der Waals surface area contributed by atoms with Crippen molar-refractivity contribution in [2.24, 2.45) is 5.73 Å². The third-order valence-electron chi connectivity index (χ3n) is 3.79. The van der Waals surface area contributed by atoms with Crippen LogP contribution in [0.3, 0.4) is 0 Å². The molecule has 24 heavy (non-hydrogen) atoms. The van der Waals surface area contributed by atoms with Gasteiger partial charge in [0, 0.05) is 17.5 Å². The van der Waals surface area contributed by atoms with E-state index in [2.05, 4.69) is 20.1 Å². The lowest BCUT2D eigenvalue weighted by atomic mass is 10.2. The Hall–Kier alpha value is -3.48. The predicted molar refractivity (Wildman–Crippen MR) is 92.2 cm³/mol. The van der Waals surface area contributed by atoms with Gasteiger partial charge in [-0.15, -0.1) is 0 Å². The molecule has 4 N–H and O–H groups in total. The van der Waals surface area contributed by atoms with E-state index in [9.17, 15) is 0 Å². The summed E-state index contributed by atoms with van der Waals surface area (Å²) in [5, 5.41) is 12.1. The van der Waals surface area contributed by atoms with Gasteiger partial charge in [0.05, 0.1) is 11.0 Å².